The van der Waals surface area contributed by atoms with Gasteiger partial charge in [0.05, 0.1) is 18.1 Å². The van der Waals surface area contributed by atoms with Crippen LogP contribution in [0, 0.1) is 0 Å². The van der Waals surface area contributed by atoms with Crippen molar-refractivity contribution in [3.8, 4) is 5.75 Å². The van der Waals surface area contributed by atoms with E-state index < -0.39 is 11.9 Å². The molecule has 6 nitrogen and oxygen atoms in total. The van der Waals surface area contributed by atoms with Crippen LogP contribution < -0.4 is 20.7 Å². The second-order valence-corrected chi connectivity index (χ2v) is 6.22. The van der Waals surface area contributed by atoms with Gasteiger partial charge >= 0.3 is 6.03 Å². The van der Waals surface area contributed by atoms with Gasteiger partial charge in [-0.25, -0.2) is 4.79 Å². The van der Waals surface area contributed by atoms with Gasteiger partial charge in [0.25, 0.3) is 0 Å². The molecule has 132 valence electrons. The lowest BCUT2D eigenvalue weighted by Crippen LogP contribution is -2.40. The highest BCUT2D eigenvalue weighted by Crippen LogP contribution is 2.27. The molecule has 0 aromatic heterocycles. The van der Waals surface area contributed by atoms with Gasteiger partial charge in [-0.05, 0) is 52.7 Å². The van der Waals surface area contributed by atoms with Crippen molar-refractivity contribution in [1.82, 2.24) is 10.6 Å². The molecule has 0 heterocycles. The molecule has 2 aromatic rings. The van der Waals surface area contributed by atoms with E-state index in [2.05, 4.69) is 31.9 Å². The second-order valence-electron chi connectivity index (χ2n) is 5.36. The van der Waals surface area contributed by atoms with Crippen molar-refractivity contribution in [1.29, 1.82) is 0 Å². The summed E-state index contributed by atoms with van der Waals surface area (Å²) >= 11 is 3.43. The summed E-state index contributed by atoms with van der Waals surface area (Å²) in [5, 5.41) is 7.96. The van der Waals surface area contributed by atoms with E-state index in [4.69, 9.17) is 4.74 Å². The van der Waals surface area contributed by atoms with Crippen LogP contribution in [0.4, 0.5) is 10.5 Å². The van der Waals surface area contributed by atoms with E-state index in [1.54, 1.807) is 31.4 Å². The predicted octanol–water partition coefficient (Wildman–Crippen LogP) is 3.46. The van der Waals surface area contributed by atoms with Gasteiger partial charge in [0.15, 0.2) is 0 Å². The molecular formula is C18H20BrN3O3. The monoisotopic (exact) mass is 405 g/mol. The SMILES string of the molecule is COc1ccc(C(C)NCC(=O)NC(=O)Nc2ccccc2)cc1Br. The average molecular weight is 406 g/mol. The number of methoxy groups -OCH3 is 1. The molecule has 0 saturated carbocycles. The average Bonchev–Trinajstić information content (AvgIpc) is 2.60. The summed E-state index contributed by atoms with van der Waals surface area (Å²) in [5.41, 5.74) is 1.62. The Balaban J connectivity index is 1.81. The number of halogens is 1. The number of para-hydroxylation sites is 1. The second kappa shape index (κ2) is 9.19. The molecule has 0 bridgehead atoms. The van der Waals surface area contributed by atoms with Gasteiger partial charge in [0, 0.05) is 11.7 Å². The van der Waals surface area contributed by atoms with E-state index in [0.29, 0.717) is 5.69 Å². The Bertz CT molecular complexity index is 738. The molecule has 0 aliphatic carbocycles. The van der Waals surface area contributed by atoms with Crippen molar-refractivity contribution in [2.24, 2.45) is 0 Å². The van der Waals surface area contributed by atoms with Crippen LogP contribution in [0.15, 0.2) is 53.0 Å². The lowest BCUT2D eigenvalue weighted by atomic mass is 10.1. The minimum atomic E-state index is -0.558. The van der Waals surface area contributed by atoms with Crippen LogP contribution in [0.5, 0.6) is 5.75 Å². The van der Waals surface area contributed by atoms with Crippen LogP contribution in [0.2, 0.25) is 0 Å². The van der Waals surface area contributed by atoms with Crippen LogP contribution in [-0.4, -0.2) is 25.6 Å². The molecule has 25 heavy (non-hydrogen) atoms. The first-order valence-corrected chi connectivity index (χ1v) is 8.51. The number of carbonyl (C=O) groups excluding carboxylic acids is 2. The van der Waals surface area contributed by atoms with Crippen molar-refractivity contribution in [3.05, 3.63) is 58.6 Å². The zero-order valence-corrected chi connectivity index (χ0v) is 15.6. The highest BCUT2D eigenvalue weighted by molar-refractivity contribution is 9.10. The molecule has 3 N–H and O–H groups in total. The first-order valence-electron chi connectivity index (χ1n) is 7.72. The van der Waals surface area contributed by atoms with Gasteiger partial charge in [-0.15, -0.1) is 0 Å². The number of nitrogens with one attached hydrogen (secondary N) is 3. The number of amides is 3. The molecule has 0 spiro atoms. The van der Waals surface area contributed by atoms with E-state index in [1.807, 2.05) is 31.2 Å². The first-order chi connectivity index (χ1) is 12.0. The van der Waals surface area contributed by atoms with Crippen molar-refractivity contribution in [2.45, 2.75) is 13.0 Å². The van der Waals surface area contributed by atoms with E-state index in [1.165, 1.54) is 0 Å². The fourth-order valence-corrected chi connectivity index (χ4v) is 2.73. The number of carbonyl (C=O) groups is 2. The number of ether oxygens (including phenoxy) is 1. The highest BCUT2D eigenvalue weighted by atomic mass is 79.9. The predicted molar refractivity (Wildman–Crippen MR) is 101 cm³/mol. The Morgan fingerprint density at radius 3 is 2.52 bits per heavy atom. The van der Waals surface area contributed by atoms with Crippen molar-refractivity contribution in [2.75, 3.05) is 19.0 Å². The Morgan fingerprint density at radius 1 is 1.16 bits per heavy atom. The highest BCUT2D eigenvalue weighted by Gasteiger charge is 2.12. The molecule has 0 aliphatic heterocycles. The number of hydrogen-bond donors (Lipinski definition) is 3. The molecule has 1 unspecified atom stereocenters. The molecule has 0 radical (unpaired) electrons. The zero-order chi connectivity index (χ0) is 18.2. The summed E-state index contributed by atoms with van der Waals surface area (Å²) in [5.74, 6) is 0.333. The number of benzene rings is 2. The molecule has 2 rings (SSSR count). The Kier molecular flexibility index (Phi) is 6.97. The maximum atomic E-state index is 11.9. The number of imide groups is 1. The van der Waals surface area contributed by atoms with Crippen molar-refractivity contribution >= 4 is 33.6 Å². The fourth-order valence-electron chi connectivity index (χ4n) is 2.17. The molecule has 0 fully saturated rings. The number of urea groups is 1. The number of hydrogen-bond acceptors (Lipinski definition) is 4. The van der Waals surface area contributed by atoms with Crippen LogP contribution in [0.1, 0.15) is 18.5 Å². The smallest absolute Gasteiger partial charge is 0.325 e. The van der Waals surface area contributed by atoms with Gasteiger partial charge in [0.1, 0.15) is 5.75 Å². The Morgan fingerprint density at radius 2 is 1.88 bits per heavy atom. The summed E-state index contributed by atoms with van der Waals surface area (Å²) in [7, 11) is 1.60. The standard InChI is InChI=1S/C18H20BrN3O3/c1-12(13-8-9-16(25-2)15(19)10-13)20-11-17(23)22-18(24)21-14-6-4-3-5-7-14/h3-10,12,20H,11H2,1-2H3,(H2,21,22,23,24). The summed E-state index contributed by atoms with van der Waals surface area (Å²) in [4.78, 5) is 23.6. The van der Waals surface area contributed by atoms with Gasteiger partial charge in [-0.1, -0.05) is 24.3 Å². The number of anilines is 1. The number of rotatable bonds is 6. The maximum Gasteiger partial charge on any atom is 0.325 e. The van der Waals surface area contributed by atoms with Crippen molar-refractivity contribution < 1.29 is 14.3 Å². The molecule has 3 amide bonds. The zero-order valence-electron chi connectivity index (χ0n) is 14.0. The molecule has 0 saturated heterocycles. The van der Waals surface area contributed by atoms with Crippen LogP contribution in [-0.2, 0) is 4.79 Å². The normalized spacial score (nSPS) is 11.5. The van der Waals surface area contributed by atoms with Gasteiger partial charge in [-0.3, -0.25) is 10.1 Å². The molecular weight excluding hydrogens is 386 g/mol. The minimum absolute atomic E-state index is 0.0209. The molecule has 1 atom stereocenters. The van der Waals surface area contributed by atoms with Crippen LogP contribution in [0.25, 0.3) is 0 Å². The Hall–Kier alpha value is -2.38. The van der Waals surface area contributed by atoms with Crippen molar-refractivity contribution in [3.63, 3.8) is 0 Å². The summed E-state index contributed by atoms with van der Waals surface area (Å²) < 4.78 is 6.04. The maximum absolute atomic E-state index is 11.9. The minimum Gasteiger partial charge on any atom is -0.496 e. The first kappa shape index (κ1) is 19.0. The lowest BCUT2D eigenvalue weighted by molar-refractivity contribution is -0.119. The summed E-state index contributed by atoms with van der Waals surface area (Å²) in [6.45, 7) is 1.96. The van der Waals surface area contributed by atoms with E-state index >= 15 is 0 Å². The van der Waals surface area contributed by atoms with E-state index in [9.17, 15) is 9.59 Å². The molecule has 0 aliphatic rings. The molecule has 7 heteroatoms. The third-order valence-electron chi connectivity index (χ3n) is 3.53. The van der Waals surface area contributed by atoms with Gasteiger partial charge in [-0.2, -0.15) is 0 Å². The van der Waals surface area contributed by atoms with Crippen LogP contribution >= 0.6 is 15.9 Å². The van der Waals surface area contributed by atoms with E-state index in [-0.39, 0.29) is 12.6 Å². The quantitative estimate of drug-likeness (QED) is 0.687. The largest absolute Gasteiger partial charge is 0.496 e. The van der Waals surface area contributed by atoms with Gasteiger partial charge in [0.2, 0.25) is 5.91 Å². The molecule has 2 aromatic carbocycles. The van der Waals surface area contributed by atoms with Crippen LogP contribution in [0.3, 0.4) is 0 Å². The third-order valence-corrected chi connectivity index (χ3v) is 4.15. The topological polar surface area (TPSA) is 79.5 Å². The summed E-state index contributed by atoms with van der Waals surface area (Å²) in [6.07, 6.45) is 0. The third kappa shape index (κ3) is 5.88. The van der Waals surface area contributed by atoms with Gasteiger partial charge < -0.3 is 15.4 Å². The summed E-state index contributed by atoms with van der Waals surface area (Å²) in [6, 6.07) is 14.0. The fraction of sp³-hybridized carbons (Fsp3) is 0.222. The van der Waals surface area contributed by atoms with E-state index in [0.717, 1.165) is 15.8 Å². The Labute approximate surface area is 155 Å². The lowest BCUT2D eigenvalue weighted by Gasteiger charge is -2.15.